The van der Waals surface area contributed by atoms with Gasteiger partial charge in [0, 0.05) is 5.56 Å². The van der Waals surface area contributed by atoms with E-state index in [9.17, 15) is 9.59 Å². The first-order valence-electron chi connectivity index (χ1n) is 14.7. The average Bonchev–Trinajstić information content (AvgIpc) is 3.41. The first-order chi connectivity index (χ1) is 22.9. The summed E-state index contributed by atoms with van der Waals surface area (Å²) in [4.78, 5) is 33.2. The van der Waals surface area contributed by atoms with Gasteiger partial charge in [-0.15, -0.1) is 0 Å². The van der Waals surface area contributed by atoms with Gasteiger partial charge in [-0.2, -0.15) is 5.26 Å². The Hall–Kier alpha value is -4.99. The van der Waals surface area contributed by atoms with Crippen LogP contribution in [0.1, 0.15) is 40.8 Å². The summed E-state index contributed by atoms with van der Waals surface area (Å²) in [6, 6.07) is 31.3. The Morgan fingerprint density at radius 1 is 1.04 bits per heavy atom. The van der Waals surface area contributed by atoms with Gasteiger partial charge in [-0.05, 0) is 76.5 Å². The molecule has 2 heterocycles. The van der Waals surface area contributed by atoms with Crippen LogP contribution in [0.2, 0.25) is 0 Å². The number of carbonyl (C=O) groups excluding carboxylic acids is 1. The lowest BCUT2D eigenvalue weighted by Crippen LogP contribution is -2.40. The molecule has 0 unspecified atom stereocenters. The molecule has 0 saturated heterocycles. The van der Waals surface area contributed by atoms with E-state index in [1.807, 2.05) is 84.9 Å². The summed E-state index contributed by atoms with van der Waals surface area (Å²) in [7, 11) is 1.57. The molecule has 1 aliphatic heterocycles. The lowest BCUT2D eigenvalue weighted by atomic mass is 9.93. The summed E-state index contributed by atoms with van der Waals surface area (Å²) in [5.74, 6) is 0.573. The maximum absolute atomic E-state index is 14.2. The number of thiazole rings is 1. The second kappa shape index (κ2) is 14.2. The van der Waals surface area contributed by atoms with E-state index in [4.69, 9.17) is 24.5 Å². The fourth-order valence-electron chi connectivity index (χ4n) is 5.34. The maximum atomic E-state index is 14.2. The number of rotatable bonds is 9. The van der Waals surface area contributed by atoms with E-state index < -0.39 is 12.0 Å². The molecule has 0 fully saturated rings. The minimum Gasteiger partial charge on any atom is -0.493 e. The molecule has 1 atom stereocenters. The van der Waals surface area contributed by atoms with Gasteiger partial charge in [0.25, 0.3) is 5.56 Å². The van der Waals surface area contributed by atoms with Gasteiger partial charge in [-0.1, -0.05) is 84.1 Å². The summed E-state index contributed by atoms with van der Waals surface area (Å²) in [6.07, 6.45) is 1.80. The topological polar surface area (TPSA) is 103 Å². The molecule has 5 aromatic rings. The molecule has 8 nitrogen and oxygen atoms in total. The van der Waals surface area contributed by atoms with Crippen LogP contribution in [-0.4, -0.2) is 24.3 Å². The van der Waals surface area contributed by atoms with E-state index in [-0.39, 0.29) is 12.2 Å². The Bertz CT molecular complexity index is 2200. The molecule has 1 aromatic heterocycles. The molecule has 47 heavy (non-hydrogen) atoms. The SMILES string of the molecule is CCOC(=O)C1=C(c2ccccc2)N=c2s/c(=C\c3cc(I)c(OCc4ccc(C#N)cc4)c(OC)c3)c(=O)n2[C@@H]1c1ccccc1. The summed E-state index contributed by atoms with van der Waals surface area (Å²) in [6.45, 7) is 2.23. The number of nitrogens with zero attached hydrogens (tertiary/aromatic N) is 3. The molecule has 234 valence electrons. The first-order valence-corrected chi connectivity index (χ1v) is 16.6. The molecule has 0 N–H and O–H groups in total. The first kappa shape index (κ1) is 32.0. The number of esters is 1. The van der Waals surface area contributed by atoms with Gasteiger partial charge in [0.1, 0.15) is 6.61 Å². The molecule has 1 aliphatic rings. The van der Waals surface area contributed by atoms with Crippen LogP contribution in [0, 0.1) is 14.9 Å². The zero-order valence-electron chi connectivity index (χ0n) is 25.5. The van der Waals surface area contributed by atoms with Gasteiger partial charge in [-0.3, -0.25) is 9.36 Å². The van der Waals surface area contributed by atoms with Gasteiger partial charge in [0.15, 0.2) is 16.3 Å². The van der Waals surface area contributed by atoms with E-state index in [0.717, 1.165) is 25.8 Å². The number of carbonyl (C=O) groups is 1. The third-order valence-corrected chi connectivity index (χ3v) is 9.29. The maximum Gasteiger partial charge on any atom is 0.338 e. The van der Waals surface area contributed by atoms with Crippen molar-refractivity contribution in [2.24, 2.45) is 4.99 Å². The van der Waals surface area contributed by atoms with Crippen LogP contribution in [0.3, 0.4) is 0 Å². The largest absolute Gasteiger partial charge is 0.493 e. The molecular formula is C37H28IN3O5S. The van der Waals surface area contributed by atoms with Crippen molar-refractivity contribution in [3.8, 4) is 17.6 Å². The van der Waals surface area contributed by atoms with E-state index >= 15 is 0 Å². The highest BCUT2D eigenvalue weighted by Gasteiger charge is 2.35. The molecular weight excluding hydrogens is 725 g/mol. The van der Waals surface area contributed by atoms with Gasteiger partial charge < -0.3 is 14.2 Å². The number of ether oxygens (including phenoxy) is 3. The van der Waals surface area contributed by atoms with E-state index in [1.165, 1.54) is 11.3 Å². The van der Waals surface area contributed by atoms with Crippen molar-refractivity contribution in [2.45, 2.75) is 19.6 Å². The lowest BCUT2D eigenvalue weighted by Gasteiger charge is -2.25. The molecule has 4 aromatic carbocycles. The standard InChI is InChI=1S/C37H28IN3O5S/c1-3-45-36(43)31-32(26-10-6-4-7-11-26)40-37-41(33(31)27-12-8-5-9-13-27)35(42)30(47-37)20-25-18-28(38)34(29(19-25)44-2)46-22-24-16-14-23(21-39)15-17-24/h4-20,33H,3,22H2,1-2H3/b30-20-/t33-/m1/s1. The number of halogens is 1. The summed E-state index contributed by atoms with van der Waals surface area (Å²) >= 11 is 3.45. The number of hydrogen-bond donors (Lipinski definition) is 0. The highest BCUT2D eigenvalue weighted by Crippen LogP contribution is 2.36. The third-order valence-electron chi connectivity index (χ3n) is 7.50. The van der Waals surface area contributed by atoms with Crippen molar-refractivity contribution in [3.63, 3.8) is 0 Å². The third kappa shape index (κ3) is 6.63. The second-order valence-corrected chi connectivity index (χ2v) is 12.6. The van der Waals surface area contributed by atoms with Crippen LogP contribution >= 0.6 is 33.9 Å². The predicted octanol–water partition coefficient (Wildman–Crippen LogP) is 6.00. The minimum atomic E-state index is -0.739. The normalized spacial score (nSPS) is 14.2. The van der Waals surface area contributed by atoms with Crippen LogP contribution in [0.25, 0.3) is 11.8 Å². The summed E-state index contributed by atoms with van der Waals surface area (Å²) in [5, 5.41) is 9.07. The number of methoxy groups -OCH3 is 1. The second-order valence-electron chi connectivity index (χ2n) is 10.5. The van der Waals surface area contributed by atoms with E-state index in [2.05, 4.69) is 28.7 Å². The Morgan fingerprint density at radius 3 is 2.40 bits per heavy atom. The van der Waals surface area contributed by atoms with Crippen molar-refractivity contribution < 1.29 is 19.0 Å². The van der Waals surface area contributed by atoms with Crippen LogP contribution in [0.4, 0.5) is 0 Å². The van der Waals surface area contributed by atoms with Crippen LogP contribution in [0.5, 0.6) is 11.5 Å². The lowest BCUT2D eigenvalue weighted by molar-refractivity contribution is -0.138. The molecule has 0 amide bonds. The summed E-state index contributed by atoms with van der Waals surface area (Å²) in [5.41, 5.74) is 4.28. The molecule has 6 rings (SSSR count). The Balaban J connectivity index is 1.46. The van der Waals surface area contributed by atoms with Crippen LogP contribution in [0.15, 0.2) is 112 Å². The monoisotopic (exact) mass is 753 g/mol. The van der Waals surface area contributed by atoms with Gasteiger partial charge in [0.05, 0.1) is 50.8 Å². The van der Waals surface area contributed by atoms with Crippen molar-refractivity contribution in [3.05, 3.63) is 154 Å². The van der Waals surface area contributed by atoms with Crippen molar-refractivity contribution in [1.29, 1.82) is 5.26 Å². The number of benzene rings is 4. The number of nitriles is 1. The molecule has 0 radical (unpaired) electrons. The average molecular weight is 754 g/mol. The Labute approximate surface area is 288 Å². The molecule has 10 heteroatoms. The van der Waals surface area contributed by atoms with Gasteiger partial charge >= 0.3 is 5.97 Å². The van der Waals surface area contributed by atoms with Crippen molar-refractivity contribution in [1.82, 2.24) is 4.57 Å². The molecule has 0 spiro atoms. The zero-order chi connectivity index (χ0) is 32.9. The Morgan fingerprint density at radius 2 is 1.74 bits per heavy atom. The minimum absolute atomic E-state index is 0.185. The fraction of sp³-hybridized carbons (Fsp3) is 0.135. The molecule has 0 saturated carbocycles. The predicted molar refractivity (Wildman–Crippen MR) is 189 cm³/mol. The van der Waals surface area contributed by atoms with Gasteiger partial charge in [0.2, 0.25) is 0 Å². The number of hydrogen-bond acceptors (Lipinski definition) is 8. The van der Waals surface area contributed by atoms with E-state index in [0.29, 0.717) is 44.3 Å². The van der Waals surface area contributed by atoms with Crippen LogP contribution in [-0.2, 0) is 16.1 Å². The highest BCUT2D eigenvalue weighted by atomic mass is 127. The zero-order valence-corrected chi connectivity index (χ0v) is 28.4. The summed E-state index contributed by atoms with van der Waals surface area (Å²) < 4.78 is 20.2. The molecule has 0 aliphatic carbocycles. The number of aromatic nitrogens is 1. The highest BCUT2D eigenvalue weighted by molar-refractivity contribution is 14.1. The van der Waals surface area contributed by atoms with Crippen LogP contribution < -0.4 is 24.4 Å². The van der Waals surface area contributed by atoms with Crippen molar-refractivity contribution in [2.75, 3.05) is 13.7 Å². The smallest absolute Gasteiger partial charge is 0.338 e. The van der Waals surface area contributed by atoms with Gasteiger partial charge in [-0.25, -0.2) is 9.79 Å². The molecule has 0 bridgehead atoms. The fourth-order valence-corrected chi connectivity index (χ4v) is 7.12. The van der Waals surface area contributed by atoms with E-state index in [1.54, 1.807) is 36.8 Å². The quantitative estimate of drug-likeness (QED) is 0.135. The Kier molecular flexibility index (Phi) is 9.65. The number of fused-ring (bicyclic) bond motifs is 1. The van der Waals surface area contributed by atoms with Crippen molar-refractivity contribution >= 4 is 51.7 Å².